The molecule has 0 bridgehead atoms. The predicted octanol–water partition coefficient (Wildman–Crippen LogP) is 1.73. The average molecular weight is 393 g/mol. The first kappa shape index (κ1) is 18.8. The molecule has 3 aliphatic rings. The Balaban J connectivity index is 1.40. The van der Waals surface area contributed by atoms with Crippen molar-refractivity contribution >= 4 is 23.2 Å². The van der Waals surface area contributed by atoms with Gasteiger partial charge in [-0.15, -0.1) is 11.3 Å². The van der Waals surface area contributed by atoms with E-state index in [1.807, 2.05) is 11.8 Å². The van der Waals surface area contributed by atoms with Crippen molar-refractivity contribution in [2.45, 2.75) is 57.9 Å². The Labute approximate surface area is 163 Å². The van der Waals surface area contributed by atoms with Crippen LogP contribution in [0.1, 0.15) is 53.6 Å². The van der Waals surface area contributed by atoms with E-state index < -0.39 is 17.9 Å². The highest BCUT2D eigenvalue weighted by Crippen LogP contribution is 2.52. The van der Waals surface area contributed by atoms with Gasteiger partial charge < -0.3 is 10.2 Å². The number of thiazole rings is 1. The lowest BCUT2D eigenvalue weighted by Crippen LogP contribution is -2.59. The molecule has 3 fully saturated rings. The molecule has 1 aliphatic carbocycles. The summed E-state index contributed by atoms with van der Waals surface area (Å²) in [5.41, 5.74) is 3.03. The minimum atomic E-state index is -0.538. The number of nitrogens with zero attached hydrogens (tertiary/aromatic N) is 2. The van der Waals surface area contributed by atoms with Crippen LogP contribution in [0.2, 0.25) is 0 Å². The quantitative estimate of drug-likeness (QED) is 0.538. The zero-order chi connectivity index (χ0) is 19.2. The molecule has 0 radical (unpaired) electrons. The van der Waals surface area contributed by atoms with Crippen molar-refractivity contribution in [2.24, 2.45) is 11.3 Å². The van der Waals surface area contributed by atoms with Crippen LogP contribution in [0.3, 0.4) is 0 Å². The molecular weight excluding hydrogens is 364 g/mol. The molecule has 7 nitrogen and oxygen atoms in total. The Hall–Kier alpha value is -1.51. The molecule has 27 heavy (non-hydrogen) atoms. The number of nitrogens with one attached hydrogen (secondary N) is 2. The highest BCUT2D eigenvalue weighted by molar-refractivity contribution is 7.11. The highest BCUT2D eigenvalue weighted by atomic mass is 32.1. The van der Waals surface area contributed by atoms with Crippen molar-refractivity contribution in [3.05, 3.63) is 15.6 Å². The molecule has 4 rings (SSSR count). The molecule has 0 unspecified atom stereocenters. The summed E-state index contributed by atoms with van der Waals surface area (Å²) < 4.78 is 0. The maximum absolute atomic E-state index is 13.1. The highest BCUT2D eigenvalue weighted by Gasteiger charge is 2.52. The molecule has 2 aliphatic heterocycles. The van der Waals surface area contributed by atoms with Crippen LogP contribution in [0.5, 0.6) is 0 Å². The van der Waals surface area contributed by atoms with Crippen molar-refractivity contribution in [2.75, 3.05) is 19.6 Å². The number of piperidine rings is 2. The summed E-state index contributed by atoms with van der Waals surface area (Å²) in [6, 6.07) is -0.538. The van der Waals surface area contributed by atoms with Gasteiger partial charge in [0.15, 0.2) is 0 Å². The number of rotatable bonds is 3. The van der Waals surface area contributed by atoms with Crippen LogP contribution < -0.4 is 10.8 Å². The maximum Gasteiger partial charge on any atom is 0.248 e. The maximum atomic E-state index is 13.1. The number of hydroxylamine groups is 1. The second-order valence-electron chi connectivity index (χ2n) is 8.44. The fourth-order valence-electron chi connectivity index (χ4n) is 4.49. The van der Waals surface area contributed by atoms with Gasteiger partial charge in [0.25, 0.3) is 0 Å². The van der Waals surface area contributed by atoms with Gasteiger partial charge >= 0.3 is 0 Å². The summed E-state index contributed by atoms with van der Waals surface area (Å²) >= 11 is 1.76. The summed E-state index contributed by atoms with van der Waals surface area (Å²) in [5.74, 6) is -0.544. The van der Waals surface area contributed by atoms with Crippen LogP contribution in [0, 0.1) is 25.2 Å². The second kappa shape index (κ2) is 7.14. The van der Waals surface area contributed by atoms with Crippen LogP contribution in [-0.4, -0.2) is 52.6 Å². The van der Waals surface area contributed by atoms with Crippen LogP contribution in [-0.2, 0) is 9.59 Å². The van der Waals surface area contributed by atoms with Crippen LogP contribution >= 0.6 is 11.3 Å². The van der Waals surface area contributed by atoms with Gasteiger partial charge in [-0.1, -0.05) is 0 Å². The minimum absolute atomic E-state index is 0.0101. The van der Waals surface area contributed by atoms with E-state index in [0.29, 0.717) is 25.4 Å². The number of carbonyl (C=O) groups excluding carboxylic acids is 2. The summed E-state index contributed by atoms with van der Waals surface area (Å²) in [5, 5.41) is 13.6. The third kappa shape index (κ3) is 3.62. The predicted molar refractivity (Wildman–Crippen MR) is 102 cm³/mol. The number of likely N-dealkylation sites (tertiary alicyclic amines) is 1. The molecule has 148 valence electrons. The van der Waals surface area contributed by atoms with E-state index in [2.05, 4.69) is 17.2 Å². The Morgan fingerprint density at radius 2 is 2.00 bits per heavy atom. The lowest BCUT2D eigenvalue weighted by atomic mass is 9.81. The van der Waals surface area contributed by atoms with Crippen LogP contribution in [0.25, 0.3) is 0 Å². The molecule has 3 heterocycles. The summed E-state index contributed by atoms with van der Waals surface area (Å²) in [6.07, 6.45) is 4.68. The van der Waals surface area contributed by atoms with Crippen LogP contribution in [0.4, 0.5) is 0 Å². The Morgan fingerprint density at radius 1 is 1.30 bits per heavy atom. The monoisotopic (exact) mass is 392 g/mol. The standard InChI is InChI=1S/C19H28N4O3S/c1-11-12(2)27-17(21-11)13-3-7-23(8-4-13)18(25)15-14(16(24)22-26)9-19(5-6-19)10-20-15/h13-15,20,26H,3-10H2,1-2H3,(H,22,24)/t14-,15-/m0/s1. The smallest absolute Gasteiger partial charge is 0.248 e. The third-order valence-corrected chi connectivity index (χ3v) is 7.86. The normalized spacial score (nSPS) is 27.6. The first-order valence-corrected chi connectivity index (χ1v) is 10.6. The number of aromatic nitrogens is 1. The number of carbonyl (C=O) groups is 2. The van der Waals surface area contributed by atoms with Gasteiger partial charge in [0.2, 0.25) is 11.8 Å². The SMILES string of the molecule is Cc1nc(C2CCN(C(=O)[C@H]3NCC4(CC4)C[C@@H]3C(=O)NO)CC2)sc1C. The lowest BCUT2D eigenvalue weighted by molar-refractivity contribution is -0.145. The van der Waals surface area contributed by atoms with Gasteiger partial charge in [0.1, 0.15) is 0 Å². The Morgan fingerprint density at radius 3 is 2.56 bits per heavy atom. The fourth-order valence-corrected chi connectivity index (χ4v) is 5.58. The first-order valence-electron chi connectivity index (χ1n) is 9.82. The largest absolute Gasteiger partial charge is 0.341 e. The van der Waals surface area contributed by atoms with Crippen molar-refractivity contribution in [3.63, 3.8) is 0 Å². The van der Waals surface area contributed by atoms with Gasteiger partial charge in [0.05, 0.1) is 22.7 Å². The number of hydrogen-bond donors (Lipinski definition) is 3. The topological polar surface area (TPSA) is 94.6 Å². The molecule has 1 saturated carbocycles. The van der Waals surface area contributed by atoms with Crippen molar-refractivity contribution in [3.8, 4) is 0 Å². The van der Waals surface area contributed by atoms with E-state index in [1.165, 1.54) is 9.88 Å². The molecular formula is C19H28N4O3S. The summed E-state index contributed by atoms with van der Waals surface area (Å²) in [7, 11) is 0. The van der Waals surface area contributed by atoms with E-state index >= 15 is 0 Å². The second-order valence-corrected chi connectivity index (χ2v) is 9.67. The number of hydrogen-bond acceptors (Lipinski definition) is 6. The van der Waals surface area contributed by atoms with E-state index in [9.17, 15) is 9.59 Å². The van der Waals surface area contributed by atoms with Gasteiger partial charge in [-0.2, -0.15) is 0 Å². The van der Waals surface area contributed by atoms with Crippen molar-refractivity contribution in [1.29, 1.82) is 0 Å². The van der Waals surface area contributed by atoms with Gasteiger partial charge in [-0.25, -0.2) is 10.5 Å². The van der Waals surface area contributed by atoms with Gasteiger partial charge in [-0.05, 0) is 51.4 Å². The Kier molecular flexibility index (Phi) is 4.98. The van der Waals surface area contributed by atoms with Crippen molar-refractivity contribution in [1.82, 2.24) is 20.7 Å². The first-order chi connectivity index (χ1) is 12.9. The number of aryl methyl sites for hydroxylation is 2. The minimum Gasteiger partial charge on any atom is -0.341 e. The Bertz CT molecular complexity index is 718. The fraction of sp³-hybridized carbons (Fsp3) is 0.737. The average Bonchev–Trinajstić information content (AvgIpc) is 3.35. The molecule has 0 aromatic carbocycles. The molecule has 2 amide bonds. The summed E-state index contributed by atoms with van der Waals surface area (Å²) in [4.78, 5) is 33.1. The van der Waals surface area contributed by atoms with Gasteiger partial charge in [-0.3, -0.25) is 14.8 Å². The molecule has 1 aromatic heterocycles. The molecule has 1 spiro atoms. The third-order valence-electron chi connectivity index (χ3n) is 6.62. The van der Waals surface area contributed by atoms with E-state index in [1.54, 1.807) is 16.8 Å². The molecule has 3 N–H and O–H groups in total. The summed E-state index contributed by atoms with van der Waals surface area (Å²) in [6.45, 7) is 6.31. The molecule has 1 aromatic rings. The van der Waals surface area contributed by atoms with E-state index in [0.717, 1.165) is 37.9 Å². The zero-order valence-electron chi connectivity index (χ0n) is 16.0. The van der Waals surface area contributed by atoms with Crippen molar-refractivity contribution < 1.29 is 14.8 Å². The molecule has 2 saturated heterocycles. The lowest BCUT2D eigenvalue weighted by Gasteiger charge is -2.39. The zero-order valence-corrected chi connectivity index (χ0v) is 16.8. The molecule has 8 heteroatoms. The molecule has 2 atom stereocenters. The van der Waals surface area contributed by atoms with Gasteiger partial charge in [0, 0.05) is 30.4 Å². The van der Waals surface area contributed by atoms with E-state index in [-0.39, 0.29) is 11.3 Å². The number of amides is 2. The van der Waals surface area contributed by atoms with E-state index in [4.69, 9.17) is 5.21 Å². The van der Waals surface area contributed by atoms with Crippen LogP contribution in [0.15, 0.2) is 0 Å².